The van der Waals surface area contributed by atoms with Crippen molar-refractivity contribution in [3.05, 3.63) is 34.1 Å². The Morgan fingerprint density at radius 3 is 3.00 bits per heavy atom. The van der Waals surface area contributed by atoms with Crippen molar-refractivity contribution < 1.29 is 9.18 Å². The highest BCUT2D eigenvalue weighted by molar-refractivity contribution is 9.10. The van der Waals surface area contributed by atoms with E-state index in [1.807, 2.05) is 0 Å². The second-order valence-electron chi connectivity index (χ2n) is 4.02. The maximum atomic E-state index is 13.6. The highest BCUT2D eigenvalue weighted by atomic mass is 79.9. The quantitative estimate of drug-likeness (QED) is 0.861. The first-order chi connectivity index (χ1) is 8.18. The lowest BCUT2D eigenvalue weighted by Crippen LogP contribution is -2.34. The smallest absolute Gasteiger partial charge is 0.256 e. The van der Waals surface area contributed by atoms with Gasteiger partial charge < -0.3 is 10.2 Å². The first kappa shape index (κ1) is 12.5. The van der Waals surface area contributed by atoms with E-state index in [2.05, 4.69) is 21.2 Å². The molecule has 1 aromatic carbocycles. The molecule has 5 heteroatoms. The zero-order valence-corrected chi connectivity index (χ0v) is 11.0. The minimum absolute atomic E-state index is 0.140. The van der Waals surface area contributed by atoms with Gasteiger partial charge in [-0.15, -0.1) is 0 Å². The molecule has 1 heterocycles. The van der Waals surface area contributed by atoms with Crippen molar-refractivity contribution in [2.24, 2.45) is 0 Å². The molecule has 3 nitrogen and oxygen atoms in total. The van der Waals surface area contributed by atoms with E-state index < -0.39 is 5.82 Å². The van der Waals surface area contributed by atoms with Gasteiger partial charge in [-0.05, 0) is 31.2 Å². The van der Waals surface area contributed by atoms with Crippen LogP contribution >= 0.6 is 15.9 Å². The molecule has 1 fully saturated rings. The van der Waals surface area contributed by atoms with E-state index in [9.17, 15) is 9.18 Å². The number of carbonyl (C=O) groups is 1. The molecular formula is C12H14BrFN2O. The van der Waals surface area contributed by atoms with Crippen LogP contribution in [0.4, 0.5) is 4.39 Å². The number of amides is 1. The summed E-state index contributed by atoms with van der Waals surface area (Å²) in [5, 5.41) is 3.21. The summed E-state index contributed by atoms with van der Waals surface area (Å²) < 4.78 is 14.3. The predicted molar refractivity (Wildman–Crippen MR) is 67.5 cm³/mol. The molecule has 0 atom stereocenters. The molecule has 0 aliphatic carbocycles. The summed E-state index contributed by atoms with van der Waals surface area (Å²) in [6.07, 6.45) is 0.904. The van der Waals surface area contributed by atoms with Crippen molar-refractivity contribution in [3.63, 3.8) is 0 Å². The molecule has 2 rings (SSSR count). The van der Waals surface area contributed by atoms with Gasteiger partial charge in [0.25, 0.3) is 5.91 Å². The topological polar surface area (TPSA) is 32.3 Å². The standard InChI is InChI=1S/C12H14BrFN2O/c13-9-2-3-11(14)10(8-9)12(17)16-6-1-4-15-5-7-16/h2-3,8,15H,1,4-7H2. The molecule has 0 aromatic heterocycles. The van der Waals surface area contributed by atoms with Crippen LogP contribution in [-0.2, 0) is 0 Å². The summed E-state index contributed by atoms with van der Waals surface area (Å²) in [6, 6.07) is 4.44. The Bertz CT molecular complexity index is 417. The average Bonchev–Trinajstić information content (AvgIpc) is 2.60. The number of halogens is 2. The molecule has 1 aliphatic rings. The number of nitrogens with one attached hydrogen (secondary N) is 1. The van der Waals surface area contributed by atoms with E-state index >= 15 is 0 Å². The number of hydrogen-bond acceptors (Lipinski definition) is 2. The molecule has 1 amide bonds. The maximum absolute atomic E-state index is 13.6. The molecule has 1 N–H and O–H groups in total. The summed E-state index contributed by atoms with van der Waals surface area (Å²) in [6.45, 7) is 2.98. The SMILES string of the molecule is O=C(c1cc(Br)ccc1F)N1CCCNCC1. The first-order valence-corrected chi connectivity index (χ1v) is 6.43. The van der Waals surface area contributed by atoms with Crippen LogP contribution in [0.2, 0.25) is 0 Å². The molecule has 92 valence electrons. The van der Waals surface area contributed by atoms with Gasteiger partial charge in [-0.25, -0.2) is 4.39 Å². The summed E-state index contributed by atoms with van der Waals surface area (Å²) >= 11 is 3.25. The van der Waals surface area contributed by atoms with Crippen molar-refractivity contribution in [1.82, 2.24) is 10.2 Å². The molecule has 17 heavy (non-hydrogen) atoms. The molecule has 1 saturated heterocycles. The van der Waals surface area contributed by atoms with Gasteiger partial charge in [0.2, 0.25) is 0 Å². The Balaban J connectivity index is 2.20. The monoisotopic (exact) mass is 300 g/mol. The van der Waals surface area contributed by atoms with Crippen molar-refractivity contribution in [3.8, 4) is 0 Å². The molecule has 1 aromatic rings. The molecule has 0 bridgehead atoms. The normalized spacial score (nSPS) is 16.7. The Hall–Kier alpha value is -0.940. The van der Waals surface area contributed by atoms with E-state index in [4.69, 9.17) is 0 Å². The van der Waals surface area contributed by atoms with Crippen molar-refractivity contribution in [2.45, 2.75) is 6.42 Å². The van der Waals surface area contributed by atoms with Gasteiger partial charge in [0.15, 0.2) is 0 Å². The lowest BCUT2D eigenvalue weighted by molar-refractivity contribution is 0.0761. The Kier molecular flexibility index (Phi) is 4.12. The second kappa shape index (κ2) is 5.60. The molecule has 0 spiro atoms. The third-order valence-corrected chi connectivity index (χ3v) is 3.28. The van der Waals surface area contributed by atoms with Crippen molar-refractivity contribution >= 4 is 21.8 Å². The van der Waals surface area contributed by atoms with Gasteiger partial charge in [-0.3, -0.25) is 4.79 Å². The lowest BCUT2D eigenvalue weighted by Gasteiger charge is -2.20. The van der Waals surface area contributed by atoms with E-state index in [1.54, 1.807) is 11.0 Å². The van der Waals surface area contributed by atoms with Crippen LogP contribution in [0.1, 0.15) is 16.8 Å². The minimum atomic E-state index is -0.463. The second-order valence-corrected chi connectivity index (χ2v) is 4.94. The number of hydrogen-bond donors (Lipinski definition) is 1. The van der Waals surface area contributed by atoms with E-state index in [-0.39, 0.29) is 11.5 Å². The van der Waals surface area contributed by atoms with Crippen molar-refractivity contribution in [1.29, 1.82) is 0 Å². The molecule has 0 unspecified atom stereocenters. The van der Waals surface area contributed by atoms with Crippen LogP contribution in [0.5, 0.6) is 0 Å². The van der Waals surface area contributed by atoms with Crippen LogP contribution in [0.3, 0.4) is 0 Å². The molecule has 0 saturated carbocycles. The lowest BCUT2D eigenvalue weighted by atomic mass is 10.2. The van der Waals surface area contributed by atoms with Gasteiger partial charge in [0.05, 0.1) is 5.56 Å². The van der Waals surface area contributed by atoms with Crippen LogP contribution < -0.4 is 5.32 Å². The number of carbonyl (C=O) groups excluding carboxylic acids is 1. The molecular weight excluding hydrogens is 287 g/mol. The Morgan fingerprint density at radius 1 is 1.35 bits per heavy atom. The van der Waals surface area contributed by atoms with Gasteiger partial charge in [-0.2, -0.15) is 0 Å². The fourth-order valence-electron chi connectivity index (χ4n) is 1.88. The van der Waals surface area contributed by atoms with Crippen LogP contribution in [0.15, 0.2) is 22.7 Å². The first-order valence-electron chi connectivity index (χ1n) is 5.63. The summed E-state index contributed by atoms with van der Waals surface area (Å²) in [5.41, 5.74) is 0.140. The summed E-state index contributed by atoms with van der Waals surface area (Å²) in [5.74, 6) is -0.692. The highest BCUT2D eigenvalue weighted by Gasteiger charge is 2.20. The Labute approximate surface area is 108 Å². The zero-order chi connectivity index (χ0) is 12.3. The van der Waals surface area contributed by atoms with Gasteiger partial charge in [0.1, 0.15) is 5.82 Å². The maximum Gasteiger partial charge on any atom is 0.256 e. The van der Waals surface area contributed by atoms with Crippen LogP contribution in [-0.4, -0.2) is 37.0 Å². The minimum Gasteiger partial charge on any atom is -0.337 e. The molecule has 1 aliphatic heterocycles. The molecule has 0 radical (unpaired) electrons. The summed E-state index contributed by atoms with van der Waals surface area (Å²) in [7, 11) is 0. The number of rotatable bonds is 1. The number of benzene rings is 1. The number of nitrogens with zero attached hydrogens (tertiary/aromatic N) is 1. The zero-order valence-electron chi connectivity index (χ0n) is 9.38. The predicted octanol–water partition coefficient (Wildman–Crippen LogP) is 2.02. The van der Waals surface area contributed by atoms with Crippen LogP contribution in [0, 0.1) is 5.82 Å². The third kappa shape index (κ3) is 3.04. The van der Waals surface area contributed by atoms with E-state index in [0.717, 1.165) is 24.0 Å². The van der Waals surface area contributed by atoms with Gasteiger partial charge >= 0.3 is 0 Å². The van der Waals surface area contributed by atoms with Gasteiger partial charge in [-0.1, -0.05) is 15.9 Å². The fraction of sp³-hybridized carbons (Fsp3) is 0.417. The highest BCUT2D eigenvalue weighted by Crippen LogP contribution is 2.17. The largest absolute Gasteiger partial charge is 0.337 e. The fourth-order valence-corrected chi connectivity index (χ4v) is 2.24. The average molecular weight is 301 g/mol. The van der Waals surface area contributed by atoms with E-state index in [0.29, 0.717) is 13.1 Å². The third-order valence-electron chi connectivity index (χ3n) is 2.79. The summed E-state index contributed by atoms with van der Waals surface area (Å²) in [4.78, 5) is 13.9. The van der Waals surface area contributed by atoms with Crippen molar-refractivity contribution in [2.75, 3.05) is 26.2 Å². The van der Waals surface area contributed by atoms with E-state index in [1.165, 1.54) is 12.1 Å². The Morgan fingerprint density at radius 2 is 2.18 bits per heavy atom. The van der Waals surface area contributed by atoms with Crippen LogP contribution in [0.25, 0.3) is 0 Å². The van der Waals surface area contributed by atoms with Gasteiger partial charge in [0, 0.05) is 24.1 Å².